The Bertz CT molecular complexity index is 845. The number of amides is 2. The summed E-state index contributed by atoms with van der Waals surface area (Å²) in [5.41, 5.74) is 3.47. The standard InChI is InChI=1S/C24H30N2O3/c1-17(27)25-20-9-11-21(12-10-20)26(22-13-15-29-16-14-22)23(28)18-5-7-19(8-6-18)24(2,3)4/h5-12,22H,13-16H2,1-4H3,(H,25,27). The van der Waals surface area contributed by atoms with Gasteiger partial charge in [-0.1, -0.05) is 32.9 Å². The number of ether oxygens (including phenoxy) is 1. The maximum absolute atomic E-state index is 13.5. The largest absolute Gasteiger partial charge is 0.381 e. The van der Waals surface area contributed by atoms with Gasteiger partial charge < -0.3 is 15.0 Å². The maximum Gasteiger partial charge on any atom is 0.258 e. The van der Waals surface area contributed by atoms with Crippen molar-refractivity contribution in [2.75, 3.05) is 23.4 Å². The summed E-state index contributed by atoms with van der Waals surface area (Å²) < 4.78 is 5.50. The third-order valence-corrected chi connectivity index (χ3v) is 5.24. The van der Waals surface area contributed by atoms with Crippen molar-refractivity contribution >= 4 is 23.2 Å². The first-order valence-electron chi connectivity index (χ1n) is 10.2. The fourth-order valence-corrected chi connectivity index (χ4v) is 3.60. The van der Waals surface area contributed by atoms with E-state index in [1.165, 1.54) is 12.5 Å². The van der Waals surface area contributed by atoms with Gasteiger partial charge in [-0.25, -0.2) is 0 Å². The van der Waals surface area contributed by atoms with Crippen molar-refractivity contribution in [3.63, 3.8) is 0 Å². The van der Waals surface area contributed by atoms with Crippen LogP contribution in [-0.2, 0) is 14.9 Å². The van der Waals surface area contributed by atoms with Crippen molar-refractivity contribution in [2.45, 2.75) is 52.0 Å². The SMILES string of the molecule is CC(=O)Nc1ccc(N(C(=O)c2ccc(C(C)(C)C)cc2)C2CCOCC2)cc1. The molecule has 0 atom stereocenters. The third-order valence-electron chi connectivity index (χ3n) is 5.24. The van der Waals surface area contributed by atoms with Crippen LogP contribution in [0.2, 0.25) is 0 Å². The molecule has 0 unspecified atom stereocenters. The van der Waals surface area contributed by atoms with Crippen molar-refractivity contribution in [3.8, 4) is 0 Å². The molecule has 1 fully saturated rings. The van der Waals surface area contributed by atoms with Gasteiger partial charge in [-0.15, -0.1) is 0 Å². The van der Waals surface area contributed by atoms with E-state index < -0.39 is 0 Å². The number of nitrogens with one attached hydrogen (secondary N) is 1. The number of hydrogen-bond acceptors (Lipinski definition) is 3. The zero-order valence-corrected chi connectivity index (χ0v) is 17.7. The minimum atomic E-state index is -0.117. The van der Waals surface area contributed by atoms with Gasteiger partial charge >= 0.3 is 0 Å². The van der Waals surface area contributed by atoms with Crippen LogP contribution in [0, 0.1) is 0 Å². The first kappa shape index (κ1) is 21.1. The second-order valence-corrected chi connectivity index (χ2v) is 8.57. The fraction of sp³-hybridized carbons (Fsp3) is 0.417. The molecule has 0 aliphatic carbocycles. The summed E-state index contributed by atoms with van der Waals surface area (Å²) in [6, 6.07) is 15.4. The molecule has 2 aromatic carbocycles. The number of benzene rings is 2. The molecule has 0 aromatic heterocycles. The van der Waals surface area contributed by atoms with E-state index in [0.29, 0.717) is 18.8 Å². The van der Waals surface area contributed by atoms with Gasteiger partial charge in [0.05, 0.1) is 0 Å². The molecule has 0 saturated carbocycles. The Labute approximate surface area is 173 Å². The Kier molecular flexibility index (Phi) is 6.38. The first-order valence-corrected chi connectivity index (χ1v) is 10.2. The van der Waals surface area contributed by atoms with Gasteiger partial charge in [0.25, 0.3) is 5.91 Å². The Balaban J connectivity index is 1.90. The minimum absolute atomic E-state index is 0.00960. The Morgan fingerprint density at radius 2 is 1.55 bits per heavy atom. The molecule has 5 nitrogen and oxygen atoms in total. The van der Waals surface area contributed by atoms with Gasteiger partial charge in [0, 0.05) is 43.1 Å². The van der Waals surface area contributed by atoms with Crippen molar-refractivity contribution in [1.82, 2.24) is 0 Å². The van der Waals surface area contributed by atoms with E-state index in [0.717, 1.165) is 24.2 Å². The zero-order valence-electron chi connectivity index (χ0n) is 17.7. The normalized spacial score (nSPS) is 15.0. The highest BCUT2D eigenvalue weighted by Gasteiger charge is 2.28. The lowest BCUT2D eigenvalue weighted by atomic mass is 9.86. The molecule has 0 radical (unpaired) electrons. The molecule has 1 aliphatic heterocycles. The number of rotatable bonds is 4. The van der Waals surface area contributed by atoms with Crippen molar-refractivity contribution < 1.29 is 14.3 Å². The second-order valence-electron chi connectivity index (χ2n) is 8.57. The number of carbonyl (C=O) groups is 2. The first-order chi connectivity index (χ1) is 13.8. The summed E-state index contributed by atoms with van der Waals surface area (Å²) in [4.78, 5) is 26.6. The molecule has 29 heavy (non-hydrogen) atoms. The van der Waals surface area contributed by atoms with Crippen molar-refractivity contribution in [1.29, 1.82) is 0 Å². The summed E-state index contributed by atoms with van der Waals surface area (Å²) in [6.45, 7) is 9.27. The van der Waals surface area contributed by atoms with E-state index in [4.69, 9.17) is 4.74 Å². The highest BCUT2D eigenvalue weighted by atomic mass is 16.5. The molecule has 5 heteroatoms. The summed E-state index contributed by atoms with van der Waals surface area (Å²) in [6.07, 6.45) is 1.61. The van der Waals surface area contributed by atoms with E-state index >= 15 is 0 Å². The number of nitrogens with zero attached hydrogens (tertiary/aromatic N) is 1. The molecular formula is C24H30N2O3. The van der Waals surface area contributed by atoms with Crippen LogP contribution in [-0.4, -0.2) is 31.1 Å². The van der Waals surface area contributed by atoms with Gasteiger partial charge in [-0.05, 0) is 60.2 Å². The Hall–Kier alpha value is -2.66. The average Bonchev–Trinajstić information content (AvgIpc) is 2.69. The van der Waals surface area contributed by atoms with Crippen LogP contribution in [0.15, 0.2) is 48.5 Å². The quantitative estimate of drug-likeness (QED) is 0.813. The smallest absolute Gasteiger partial charge is 0.258 e. The third kappa shape index (κ3) is 5.24. The molecule has 2 aromatic rings. The van der Waals surface area contributed by atoms with Crippen LogP contribution >= 0.6 is 0 Å². The van der Waals surface area contributed by atoms with Crippen LogP contribution in [0.5, 0.6) is 0 Å². The van der Waals surface area contributed by atoms with Crippen molar-refractivity contribution in [3.05, 3.63) is 59.7 Å². The van der Waals surface area contributed by atoms with Crippen LogP contribution in [0.3, 0.4) is 0 Å². The van der Waals surface area contributed by atoms with E-state index in [1.807, 2.05) is 53.4 Å². The lowest BCUT2D eigenvalue weighted by Crippen LogP contribution is -2.43. The molecule has 1 heterocycles. The summed E-state index contributed by atoms with van der Waals surface area (Å²) >= 11 is 0. The highest BCUT2D eigenvalue weighted by Crippen LogP contribution is 2.28. The van der Waals surface area contributed by atoms with Gasteiger partial charge in [0.1, 0.15) is 0 Å². The summed E-state index contributed by atoms with van der Waals surface area (Å²) in [5, 5.41) is 2.77. The van der Waals surface area contributed by atoms with Crippen molar-refractivity contribution in [2.24, 2.45) is 0 Å². The van der Waals surface area contributed by atoms with Gasteiger partial charge in [-0.2, -0.15) is 0 Å². The molecule has 1 saturated heterocycles. The maximum atomic E-state index is 13.5. The predicted octanol–water partition coefficient (Wildman–Crippen LogP) is 4.77. The van der Waals surface area contributed by atoms with E-state index in [9.17, 15) is 9.59 Å². The lowest BCUT2D eigenvalue weighted by molar-refractivity contribution is -0.114. The van der Waals surface area contributed by atoms with E-state index in [-0.39, 0.29) is 23.3 Å². The molecule has 0 spiro atoms. The number of carbonyl (C=O) groups excluding carboxylic acids is 2. The number of anilines is 2. The summed E-state index contributed by atoms with van der Waals surface area (Å²) in [5.74, 6) is -0.126. The summed E-state index contributed by atoms with van der Waals surface area (Å²) in [7, 11) is 0. The molecule has 1 aliphatic rings. The monoisotopic (exact) mass is 394 g/mol. The molecule has 2 amide bonds. The van der Waals surface area contributed by atoms with Gasteiger partial charge in [0.15, 0.2) is 0 Å². The molecular weight excluding hydrogens is 364 g/mol. The molecule has 3 rings (SSSR count). The molecule has 154 valence electrons. The second kappa shape index (κ2) is 8.78. The zero-order chi connectivity index (χ0) is 21.0. The minimum Gasteiger partial charge on any atom is -0.381 e. The van der Waals surface area contributed by atoms with Crippen LogP contribution in [0.1, 0.15) is 56.5 Å². The lowest BCUT2D eigenvalue weighted by Gasteiger charge is -2.34. The Morgan fingerprint density at radius 3 is 2.07 bits per heavy atom. The Morgan fingerprint density at radius 1 is 0.966 bits per heavy atom. The molecule has 0 bridgehead atoms. The van der Waals surface area contributed by atoms with Crippen LogP contribution < -0.4 is 10.2 Å². The fourth-order valence-electron chi connectivity index (χ4n) is 3.60. The topological polar surface area (TPSA) is 58.6 Å². The average molecular weight is 395 g/mol. The molecule has 1 N–H and O–H groups in total. The number of hydrogen-bond donors (Lipinski definition) is 1. The highest BCUT2D eigenvalue weighted by molar-refractivity contribution is 6.06. The van der Waals surface area contributed by atoms with Crippen LogP contribution in [0.25, 0.3) is 0 Å². The van der Waals surface area contributed by atoms with Crippen LogP contribution in [0.4, 0.5) is 11.4 Å². The van der Waals surface area contributed by atoms with Gasteiger partial charge in [-0.3, -0.25) is 9.59 Å². The van der Waals surface area contributed by atoms with Gasteiger partial charge in [0.2, 0.25) is 5.91 Å². The van der Waals surface area contributed by atoms with E-state index in [2.05, 4.69) is 26.1 Å². The van der Waals surface area contributed by atoms with E-state index in [1.54, 1.807) is 0 Å². The predicted molar refractivity (Wildman–Crippen MR) is 117 cm³/mol.